The van der Waals surface area contributed by atoms with Crippen molar-refractivity contribution in [3.05, 3.63) is 24.3 Å². The van der Waals surface area contributed by atoms with E-state index in [1.165, 1.54) is 4.90 Å². The summed E-state index contributed by atoms with van der Waals surface area (Å²) in [6.07, 6.45) is 0. The van der Waals surface area contributed by atoms with E-state index in [2.05, 4.69) is 5.32 Å². The van der Waals surface area contributed by atoms with Crippen LogP contribution in [0.2, 0.25) is 0 Å². The number of rotatable bonds is 5. The molecule has 19 heavy (non-hydrogen) atoms. The van der Waals surface area contributed by atoms with Gasteiger partial charge in [0.15, 0.2) is 6.61 Å². The van der Waals surface area contributed by atoms with Crippen molar-refractivity contribution >= 4 is 17.5 Å². The molecule has 0 bridgehead atoms. The predicted octanol–water partition coefficient (Wildman–Crippen LogP) is 0.439. The van der Waals surface area contributed by atoms with Gasteiger partial charge in [-0.3, -0.25) is 9.59 Å². The molecule has 0 heterocycles. The van der Waals surface area contributed by atoms with Crippen molar-refractivity contribution in [2.75, 3.05) is 26.0 Å². The molecule has 6 nitrogen and oxygen atoms in total. The Morgan fingerprint density at radius 2 is 1.89 bits per heavy atom. The largest absolute Gasteiger partial charge is 0.484 e. The quantitative estimate of drug-likeness (QED) is 0.809. The normalized spacial score (nSPS) is 11.6. The molecule has 6 heteroatoms. The van der Waals surface area contributed by atoms with Crippen molar-refractivity contribution in [1.29, 1.82) is 0 Å². The Hall–Kier alpha value is -2.08. The second-order valence-electron chi connectivity index (χ2n) is 4.38. The molecule has 0 saturated carbocycles. The number of carbonyl (C=O) groups is 2. The molecule has 0 aromatic heterocycles. The highest BCUT2D eigenvalue weighted by molar-refractivity contribution is 5.94. The number of likely N-dealkylation sites (N-methyl/N-ethyl adjacent to an activating group) is 1. The summed E-state index contributed by atoms with van der Waals surface area (Å²) in [6.45, 7) is 1.60. The first kappa shape index (κ1) is 15.0. The maximum Gasteiger partial charge on any atom is 0.259 e. The van der Waals surface area contributed by atoms with Crippen LogP contribution in [0, 0.1) is 0 Å². The number of nitrogens with zero attached hydrogens (tertiary/aromatic N) is 1. The lowest BCUT2D eigenvalue weighted by molar-refractivity contribution is -0.130. The smallest absolute Gasteiger partial charge is 0.259 e. The molecular weight excluding hydrogens is 246 g/mol. The van der Waals surface area contributed by atoms with Crippen molar-refractivity contribution in [3.63, 3.8) is 0 Å². The number of amides is 2. The van der Waals surface area contributed by atoms with E-state index in [1.54, 1.807) is 45.3 Å². The molecule has 0 aliphatic carbocycles. The highest BCUT2D eigenvalue weighted by atomic mass is 16.5. The van der Waals surface area contributed by atoms with E-state index in [0.717, 1.165) is 0 Å². The summed E-state index contributed by atoms with van der Waals surface area (Å²) >= 11 is 0. The van der Waals surface area contributed by atoms with Gasteiger partial charge >= 0.3 is 0 Å². The number of nitrogens with one attached hydrogen (secondary N) is 1. The minimum atomic E-state index is -0.561. The summed E-state index contributed by atoms with van der Waals surface area (Å²) < 4.78 is 5.31. The first-order chi connectivity index (χ1) is 8.90. The fourth-order valence-electron chi connectivity index (χ4n) is 1.16. The molecule has 2 amide bonds. The Balaban J connectivity index is 2.52. The van der Waals surface area contributed by atoms with Crippen LogP contribution in [-0.2, 0) is 9.59 Å². The van der Waals surface area contributed by atoms with Gasteiger partial charge in [0.05, 0.1) is 6.04 Å². The molecule has 3 N–H and O–H groups in total. The third kappa shape index (κ3) is 4.97. The van der Waals surface area contributed by atoms with Gasteiger partial charge in [-0.2, -0.15) is 0 Å². The second kappa shape index (κ2) is 6.75. The fraction of sp³-hybridized carbons (Fsp3) is 0.385. The van der Waals surface area contributed by atoms with E-state index >= 15 is 0 Å². The number of anilines is 1. The van der Waals surface area contributed by atoms with Gasteiger partial charge in [-0.15, -0.1) is 0 Å². The van der Waals surface area contributed by atoms with Crippen molar-refractivity contribution in [2.45, 2.75) is 13.0 Å². The van der Waals surface area contributed by atoms with Crippen LogP contribution in [0.1, 0.15) is 6.92 Å². The third-order valence-corrected chi connectivity index (χ3v) is 2.40. The summed E-state index contributed by atoms with van der Waals surface area (Å²) in [4.78, 5) is 24.2. The molecule has 0 radical (unpaired) electrons. The van der Waals surface area contributed by atoms with Crippen LogP contribution >= 0.6 is 0 Å². The molecule has 104 valence electrons. The van der Waals surface area contributed by atoms with E-state index in [1.807, 2.05) is 0 Å². The van der Waals surface area contributed by atoms with Gasteiger partial charge in [0.1, 0.15) is 5.75 Å². The molecule has 1 aromatic carbocycles. The number of ether oxygens (including phenoxy) is 1. The van der Waals surface area contributed by atoms with Crippen molar-refractivity contribution < 1.29 is 14.3 Å². The van der Waals surface area contributed by atoms with Crippen LogP contribution in [0.15, 0.2) is 24.3 Å². The second-order valence-corrected chi connectivity index (χ2v) is 4.38. The maximum atomic E-state index is 11.4. The first-order valence-electron chi connectivity index (χ1n) is 5.89. The number of hydrogen-bond acceptors (Lipinski definition) is 4. The molecule has 1 atom stereocenters. The summed E-state index contributed by atoms with van der Waals surface area (Å²) in [7, 11) is 3.33. The standard InChI is InChI=1S/C13H19N3O3/c1-9(14)13(18)15-10-4-6-11(7-5-10)19-8-12(17)16(2)3/h4-7,9H,8,14H2,1-3H3,(H,15,18). The van der Waals surface area contributed by atoms with E-state index in [0.29, 0.717) is 11.4 Å². The van der Waals surface area contributed by atoms with E-state index in [9.17, 15) is 9.59 Å². The van der Waals surface area contributed by atoms with Gasteiger partial charge in [0, 0.05) is 19.8 Å². The van der Waals surface area contributed by atoms with Gasteiger partial charge in [-0.25, -0.2) is 0 Å². The maximum absolute atomic E-state index is 11.4. The zero-order chi connectivity index (χ0) is 14.4. The van der Waals surface area contributed by atoms with Crippen LogP contribution in [-0.4, -0.2) is 43.5 Å². The Morgan fingerprint density at radius 1 is 1.32 bits per heavy atom. The topological polar surface area (TPSA) is 84.7 Å². The van der Waals surface area contributed by atoms with Crippen molar-refractivity contribution in [2.24, 2.45) is 5.73 Å². The minimum absolute atomic E-state index is 0.0153. The molecule has 1 unspecified atom stereocenters. The summed E-state index contributed by atoms with van der Waals surface area (Å²) in [5.41, 5.74) is 6.08. The molecule has 0 saturated heterocycles. The molecule has 1 aromatic rings. The third-order valence-electron chi connectivity index (χ3n) is 2.40. The average molecular weight is 265 g/mol. The van der Waals surface area contributed by atoms with Crippen LogP contribution < -0.4 is 15.8 Å². The lowest BCUT2D eigenvalue weighted by Crippen LogP contribution is -2.32. The molecular formula is C13H19N3O3. The van der Waals surface area contributed by atoms with Gasteiger partial charge in [0.25, 0.3) is 5.91 Å². The SMILES string of the molecule is CC(N)C(=O)Nc1ccc(OCC(=O)N(C)C)cc1. The number of benzene rings is 1. The first-order valence-corrected chi connectivity index (χ1v) is 5.89. The lowest BCUT2D eigenvalue weighted by atomic mass is 10.2. The number of hydrogen-bond donors (Lipinski definition) is 2. The van der Waals surface area contributed by atoms with E-state index in [-0.39, 0.29) is 18.4 Å². The molecule has 0 fully saturated rings. The fourth-order valence-corrected chi connectivity index (χ4v) is 1.16. The van der Waals surface area contributed by atoms with Crippen LogP contribution in [0.25, 0.3) is 0 Å². The molecule has 0 spiro atoms. The Bertz CT molecular complexity index is 441. The number of carbonyl (C=O) groups excluding carboxylic acids is 2. The molecule has 0 aliphatic rings. The summed E-state index contributed by atoms with van der Waals surface area (Å²) in [6, 6.07) is 6.18. The van der Waals surface area contributed by atoms with Crippen molar-refractivity contribution in [1.82, 2.24) is 4.90 Å². The highest BCUT2D eigenvalue weighted by Crippen LogP contribution is 2.15. The lowest BCUT2D eigenvalue weighted by Gasteiger charge is -2.12. The van der Waals surface area contributed by atoms with Gasteiger partial charge < -0.3 is 20.7 Å². The average Bonchev–Trinajstić information content (AvgIpc) is 2.37. The molecule has 0 aliphatic heterocycles. The highest BCUT2D eigenvalue weighted by Gasteiger charge is 2.08. The number of nitrogens with two attached hydrogens (primary N) is 1. The Morgan fingerprint density at radius 3 is 2.37 bits per heavy atom. The van der Waals surface area contributed by atoms with E-state index < -0.39 is 6.04 Å². The van der Waals surface area contributed by atoms with Crippen molar-refractivity contribution in [3.8, 4) is 5.75 Å². The van der Waals surface area contributed by atoms with Gasteiger partial charge in [-0.05, 0) is 31.2 Å². The van der Waals surface area contributed by atoms with Crippen LogP contribution in [0.5, 0.6) is 5.75 Å². The zero-order valence-electron chi connectivity index (χ0n) is 11.3. The zero-order valence-corrected chi connectivity index (χ0v) is 11.3. The predicted molar refractivity (Wildman–Crippen MR) is 72.9 cm³/mol. The van der Waals surface area contributed by atoms with Gasteiger partial charge in [0.2, 0.25) is 5.91 Å². The molecule has 1 rings (SSSR count). The monoisotopic (exact) mass is 265 g/mol. The van der Waals surface area contributed by atoms with Gasteiger partial charge in [-0.1, -0.05) is 0 Å². The summed E-state index contributed by atoms with van der Waals surface area (Å²) in [5, 5.41) is 2.66. The Kier molecular flexibility index (Phi) is 5.32. The van der Waals surface area contributed by atoms with E-state index in [4.69, 9.17) is 10.5 Å². The summed E-state index contributed by atoms with van der Waals surface area (Å²) in [5.74, 6) is 0.194. The van der Waals surface area contributed by atoms with Crippen LogP contribution in [0.4, 0.5) is 5.69 Å². The van der Waals surface area contributed by atoms with Crippen LogP contribution in [0.3, 0.4) is 0 Å². The minimum Gasteiger partial charge on any atom is -0.484 e. The Labute approximate surface area is 112 Å².